The lowest BCUT2D eigenvalue weighted by Gasteiger charge is -2.34. The molecule has 2 N–H and O–H groups in total. The zero-order valence-electron chi connectivity index (χ0n) is 11.2. The maximum atomic E-state index is 12.2. The van der Waals surface area contributed by atoms with Gasteiger partial charge in [-0.15, -0.1) is 11.3 Å². The molecule has 0 saturated heterocycles. The minimum atomic E-state index is 0.237. The minimum absolute atomic E-state index is 0.237. The van der Waals surface area contributed by atoms with Crippen molar-refractivity contribution in [3.63, 3.8) is 0 Å². The van der Waals surface area contributed by atoms with Crippen LogP contribution in [0.25, 0.3) is 0 Å². The van der Waals surface area contributed by atoms with Crippen molar-refractivity contribution in [1.29, 1.82) is 0 Å². The van der Waals surface area contributed by atoms with Crippen molar-refractivity contribution in [2.24, 2.45) is 11.7 Å². The summed E-state index contributed by atoms with van der Waals surface area (Å²) in [6, 6.07) is 2.40. The summed E-state index contributed by atoms with van der Waals surface area (Å²) < 4.78 is 0. The van der Waals surface area contributed by atoms with Crippen molar-refractivity contribution in [2.45, 2.75) is 39.2 Å². The van der Waals surface area contributed by atoms with Crippen LogP contribution in [-0.4, -0.2) is 23.9 Å². The van der Waals surface area contributed by atoms with Crippen molar-refractivity contribution in [2.75, 3.05) is 13.1 Å². The standard InChI is InChI=1S/C14H22N2OS/c1-10(9-15)3-4-14(17)16-7-5-13-12(11(16)2)6-8-18-13/h6,8,10-11H,3-5,7,9,15H2,1-2H3. The van der Waals surface area contributed by atoms with E-state index in [1.54, 1.807) is 0 Å². The number of nitrogens with two attached hydrogens (primary N) is 1. The van der Waals surface area contributed by atoms with Gasteiger partial charge in [-0.2, -0.15) is 0 Å². The first-order valence-corrected chi connectivity index (χ1v) is 7.57. The van der Waals surface area contributed by atoms with E-state index < -0.39 is 0 Å². The Kier molecular flexibility index (Phi) is 4.40. The normalized spacial score (nSPS) is 20.6. The van der Waals surface area contributed by atoms with Gasteiger partial charge in [-0.1, -0.05) is 6.92 Å². The molecule has 0 radical (unpaired) electrons. The van der Waals surface area contributed by atoms with Crippen LogP contribution in [0.5, 0.6) is 0 Å². The molecule has 18 heavy (non-hydrogen) atoms. The quantitative estimate of drug-likeness (QED) is 0.910. The van der Waals surface area contributed by atoms with E-state index in [0.717, 1.165) is 19.4 Å². The van der Waals surface area contributed by atoms with Gasteiger partial charge in [-0.3, -0.25) is 4.79 Å². The van der Waals surface area contributed by atoms with Gasteiger partial charge in [0.1, 0.15) is 0 Å². The smallest absolute Gasteiger partial charge is 0.223 e. The van der Waals surface area contributed by atoms with Crippen LogP contribution >= 0.6 is 11.3 Å². The summed E-state index contributed by atoms with van der Waals surface area (Å²) >= 11 is 1.81. The molecule has 4 heteroatoms. The lowest BCUT2D eigenvalue weighted by molar-refractivity contribution is -0.134. The fourth-order valence-corrected chi connectivity index (χ4v) is 3.44. The Morgan fingerprint density at radius 1 is 1.67 bits per heavy atom. The number of amides is 1. The molecule has 100 valence electrons. The van der Waals surface area contributed by atoms with Crippen molar-refractivity contribution in [3.8, 4) is 0 Å². The monoisotopic (exact) mass is 266 g/mol. The van der Waals surface area contributed by atoms with Crippen LogP contribution in [0.4, 0.5) is 0 Å². The molecule has 0 saturated carbocycles. The van der Waals surface area contributed by atoms with Crippen LogP contribution < -0.4 is 5.73 Å². The third kappa shape index (κ3) is 2.75. The molecule has 0 aromatic carbocycles. The van der Waals surface area contributed by atoms with Gasteiger partial charge in [-0.05, 0) is 49.2 Å². The first kappa shape index (κ1) is 13.6. The van der Waals surface area contributed by atoms with E-state index in [4.69, 9.17) is 5.73 Å². The van der Waals surface area contributed by atoms with Crippen molar-refractivity contribution >= 4 is 17.2 Å². The maximum absolute atomic E-state index is 12.2. The molecular formula is C14H22N2OS. The second-order valence-corrected chi connectivity index (χ2v) is 6.19. The predicted octanol–water partition coefficient (Wildman–Crippen LogP) is 2.57. The molecule has 3 nitrogen and oxygen atoms in total. The summed E-state index contributed by atoms with van der Waals surface area (Å²) in [5.74, 6) is 0.713. The summed E-state index contributed by atoms with van der Waals surface area (Å²) in [4.78, 5) is 15.7. The summed E-state index contributed by atoms with van der Waals surface area (Å²) in [7, 11) is 0. The average molecular weight is 266 g/mol. The van der Waals surface area contributed by atoms with Crippen molar-refractivity contribution in [3.05, 3.63) is 21.9 Å². The number of rotatable bonds is 4. The first-order chi connectivity index (χ1) is 8.63. The molecule has 2 rings (SSSR count). The lowest BCUT2D eigenvalue weighted by atomic mass is 9.99. The Balaban J connectivity index is 1.96. The molecular weight excluding hydrogens is 244 g/mol. The van der Waals surface area contributed by atoms with Gasteiger partial charge in [0.2, 0.25) is 5.91 Å². The SMILES string of the molecule is CC(CN)CCC(=O)N1CCc2sccc2C1C. The molecule has 1 aliphatic rings. The number of nitrogens with zero attached hydrogens (tertiary/aromatic N) is 1. The van der Waals surface area contributed by atoms with Gasteiger partial charge in [-0.25, -0.2) is 0 Å². The van der Waals surface area contributed by atoms with Crippen molar-refractivity contribution in [1.82, 2.24) is 4.90 Å². The molecule has 2 heterocycles. The molecule has 1 aromatic rings. The molecule has 1 aromatic heterocycles. The summed E-state index contributed by atoms with van der Waals surface area (Å²) in [5.41, 5.74) is 6.93. The average Bonchev–Trinajstić information content (AvgIpc) is 2.85. The first-order valence-electron chi connectivity index (χ1n) is 6.69. The number of hydrogen-bond acceptors (Lipinski definition) is 3. The molecule has 1 aliphatic heterocycles. The Hall–Kier alpha value is -0.870. The number of hydrogen-bond donors (Lipinski definition) is 1. The van der Waals surface area contributed by atoms with E-state index >= 15 is 0 Å². The second-order valence-electron chi connectivity index (χ2n) is 5.19. The molecule has 0 fully saturated rings. The van der Waals surface area contributed by atoms with Crippen LogP contribution in [0, 0.1) is 5.92 Å². The zero-order chi connectivity index (χ0) is 13.1. The third-order valence-corrected chi connectivity index (χ3v) is 4.85. The maximum Gasteiger partial charge on any atom is 0.223 e. The number of carbonyl (C=O) groups excluding carboxylic acids is 1. The molecule has 1 amide bonds. The molecule has 2 atom stereocenters. The van der Waals surface area contributed by atoms with Gasteiger partial charge < -0.3 is 10.6 Å². The Morgan fingerprint density at radius 3 is 3.17 bits per heavy atom. The highest BCUT2D eigenvalue weighted by Crippen LogP contribution is 2.33. The van der Waals surface area contributed by atoms with E-state index in [1.165, 1.54) is 10.4 Å². The van der Waals surface area contributed by atoms with Gasteiger partial charge in [0, 0.05) is 17.8 Å². The van der Waals surface area contributed by atoms with E-state index in [2.05, 4.69) is 25.3 Å². The third-order valence-electron chi connectivity index (χ3n) is 3.85. The number of thiophene rings is 1. The van der Waals surface area contributed by atoms with E-state index in [1.807, 2.05) is 16.2 Å². The fraction of sp³-hybridized carbons (Fsp3) is 0.643. The van der Waals surface area contributed by atoms with Crippen LogP contribution in [0.3, 0.4) is 0 Å². The molecule has 0 bridgehead atoms. The highest BCUT2D eigenvalue weighted by atomic mass is 32.1. The van der Waals surface area contributed by atoms with Crippen LogP contribution in [0.15, 0.2) is 11.4 Å². The summed E-state index contributed by atoms with van der Waals surface area (Å²) in [6.45, 7) is 5.76. The fourth-order valence-electron chi connectivity index (χ4n) is 2.48. The van der Waals surface area contributed by atoms with Gasteiger partial charge in [0.15, 0.2) is 0 Å². The van der Waals surface area contributed by atoms with E-state index in [0.29, 0.717) is 18.9 Å². The van der Waals surface area contributed by atoms with E-state index in [-0.39, 0.29) is 11.9 Å². The minimum Gasteiger partial charge on any atom is -0.336 e. The van der Waals surface area contributed by atoms with Gasteiger partial charge >= 0.3 is 0 Å². The molecule has 0 aliphatic carbocycles. The van der Waals surface area contributed by atoms with Gasteiger partial charge in [0.25, 0.3) is 0 Å². The highest BCUT2D eigenvalue weighted by Gasteiger charge is 2.27. The zero-order valence-corrected chi connectivity index (χ0v) is 12.0. The Bertz CT molecular complexity index is 416. The summed E-state index contributed by atoms with van der Waals surface area (Å²) in [6.07, 6.45) is 2.53. The molecule has 2 unspecified atom stereocenters. The van der Waals surface area contributed by atoms with Crippen LogP contribution in [0.2, 0.25) is 0 Å². The Morgan fingerprint density at radius 2 is 2.44 bits per heavy atom. The second kappa shape index (κ2) is 5.85. The lowest BCUT2D eigenvalue weighted by Crippen LogP contribution is -2.38. The highest BCUT2D eigenvalue weighted by molar-refractivity contribution is 7.10. The van der Waals surface area contributed by atoms with Crippen LogP contribution in [-0.2, 0) is 11.2 Å². The molecule has 0 spiro atoms. The largest absolute Gasteiger partial charge is 0.336 e. The van der Waals surface area contributed by atoms with E-state index in [9.17, 15) is 4.79 Å². The number of fused-ring (bicyclic) bond motifs is 1. The Labute approximate surface area is 113 Å². The number of carbonyl (C=O) groups is 1. The topological polar surface area (TPSA) is 46.3 Å². The van der Waals surface area contributed by atoms with Crippen molar-refractivity contribution < 1.29 is 4.79 Å². The summed E-state index contributed by atoms with van der Waals surface area (Å²) in [5, 5.41) is 2.13. The van der Waals surface area contributed by atoms with Crippen LogP contribution in [0.1, 0.15) is 43.2 Å². The van der Waals surface area contributed by atoms with Gasteiger partial charge in [0.05, 0.1) is 6.04 Å². The predicted molar refractivity (Wildman–Crippen MR) is 75.6 cm³/mol.